The highest BCUT2D eigenvalue weighted by atomic mass is 32.2. The molecule has 0 amide bonds. The minimum atomic E-state index is -0.176. The average Bonchev–Trinajstić information content (AvgIpc) is 3.28. The Kier molecular flexibility index (Phi) is 4.45. The first-order valence-electron chi connectivity index (χ1n) is 8.59. The zero-order chi connectivity index (χ0) is 17.2. The van der Waals surface area contributed by atoms with E-state index < -0.39 is 0 Å². The lowest BCUT2D eigenvalue weighted by molar-refractivity contribution is 0.0958. The van der Waals surface area contributed by atoms with E-state index in [1.807, 2.05) is 36.4 Å². The largest absolute Gasteiger partial charge is 0.362 e. The molecule has 2 heterocycles. The van der Waals surface area contributed by atoms with Crippen LogP contribution in [0.3, 0.4) is 0 Å². The summed E-state index contributed by atoms with van der Waals surface area (Å²) in [5.41, 5.74) is 1.46. The third-order valence-corrected chi connectivity index (χ3v) is 6.05. The highest BCUT2D eigenvalue weighted by molar-refractivity contribution is 8.03. The summed E-state index contributed by atoms with van der Waals surface area (Å²) >= 11 is 1.65. The zero-order valence-corrected chi connectivity index (χ0v) is 14.7. The summed E-state index contributed by atoms with van der Waals surface area (Å²) in [5.74, 6) is 0.609. The molecule has 4 heteroatoms. The van der Waals surface area contributed by atoms with Gasteiger partial charge in [-0.2, -0.15) is 0 Å². The number of fused-ring (bicyclic) bond motifs is 1. The van der Waals surface area contributed by atoms with E-state index in [2.05, 4.69) is 4.90 Å². The maximum absolute atomic E-state index is 13.2. The smallest absolute Gasteiger partial charge is 0.199 e. The first kappa shape index (κ1) is 16.2. The lowest BCUT2D eigenvalue weighted by Gasteiger charge is -2.20. The number of thioether (sulfide) groups is 1. The van der Waals surface area contributed by atoms with Crippen LogP contribution >= 0.6 is 11.8 Å². The Balaban J connectivity index is 1.82. The molecular weight excluding hydrogens is 330 g/mol. The SMILES string of the molecule is O=C(C(C(=O)c1ccccc1)=C1SC[C@@H]2CCCN12)c1ccccc1. The van der Waals surface area contributed by atoms with Crippen LogP contribution in [0.25, 0.3) is 0 Å². The van der Waals surface area contributed by atoms with Crippen LogP contribution in [0.1, 0.15) is 33.6 Å². The first-order chi connectivity index (χ1) is 12.3. The van der Waals surface area contributed by atoms with E-state index in [-0.39, 0.29) is 11.6 Å². The highest BCUT2D eigenvalue weighted by Gasteiger charge is 2.38. The summed E-state index contributed by atoms with van der Waals surface area (Å²) in [6.45, 7) is 0.931. The summed E-state index contributed by atoms with van der Waals surface area (Å²) in [6.07, 6.45) is 2.27. The van der Waals surface area contributed by atoms with E-state index in [0.29, 0.717) is 22.7 Å². The predicted molar refractivity (Wildman–Crippen MR) is 101 cm³/mol. The Hall–Kier alpha value is -2.33. The molecule has 3 nitrogen and oxygen atoms in total. The minimum Gasteiger partial charge on any atom is -0.362 e. The molecule has 0 aliphatic carbocycles. The van der Waals surface area contributed by atoms with Crippen LogP contribution in [0.4, 0.5) is 0 Å². The number of carbonyl (C=O) groups is 2. The second-order valence-corrected chi connectivity index (χ2v) is 7.38. The quantitative estimate of drug-likeness (QED) is 0.359. The number of Topliss-reactive ketones (excluding diaryl/α,β-unsaturated/α-hetero) is 2. The Morgan fingerprint density at radius 2 is 1.44 bits per heavy atom. The number of nitrogens with zero attached hydrogens (tertiary/aromatic N) is 1. The van der Waals surface area contributed by atoms with Gasteiger partial charge in [0, 0.05) is 29.5 Å². The van der Waals surface area contributed by atoms with E-state index >= 15 is 0 Å². The van der Waals surface area contributed by atoms with Crippen molar-refractivity contribution in [3.8, 4) is 0 Å². The molecule has 2 aromatic rings. The van der Waals surface area contributed by atoms with Crippen molar-refractivity contribution < 1.29 is 9.59 Å². The molecule has 126 valence electrons. The van der Waals surface area contributed by atoms with Gasteiger partial charge in [0.25, 0.3) is 0 Å². The number of hydrogen-bond acceptors (Lipinski definition) is 4. The minimum absolute atomic E-state index is 0.176. The van der Waals surface area contributed by atoms with Gasteiger partial charge in [0.05, 0.1) is 5.03 Å². The van der Waals surface area contributed by atoms with Crippen LogP contribution in [-0.2, 0) is 0 Å². The van der Waals surface area contributed by atoms with Gasteiger partial charge < -0.3 is 4.90 Å². The van der Waals surface area contributed by atoms with Gasteiger partial charge in [-0.25, -0.2) is 0 Å². The number of carbonyl (C=O) groups excluding carboxylic acids is 2. The van der Waals surface area contributed by atoms with Crippen molar-refractivity contribution in [2.24, 2.45) is 0 Å². The van der Waals surface area contributed by atoms with Gasteiger partial charge in [-0.15, -0.1) is 11.8 Å². The molecule has 0 radical (unpaired) electrons. The standard InChI is InChI=1S/C21H19NO2S/c23-19(15-8-3-1-4-9-15)18(20(24)16-10-5-2-6-11-16)21-22-13-7-12-17(22)14-25-21/h1-6,8-11,17H,7,12-14H2/t17-/m0/s1. The van der Waals surface area contributed by atoms with Crippen LogP contribution in [0.2, 0.25) is 0 Å². The second-order valence-electron chi connectivity index (χ2n) is 6.37. The Morgan fingerprint density at radius 1 is 0.880 bits per heavy atom. The number of hydrogen-bond donors (Lipinski definition) is 0. The molecule has 2 aliphatic rings. The molecule has 0 N–H and O–H groups in total. The fourth-order valence-electron chi connectivity index (χ4n) is 3.52. The maximum atomic E-state index is 13.2. The fourth-order valence-corrected chi connectivity index (χ4v) is 4.95. The van der Waals surface area contributed by atoms with Gasteiger partial charge >= 0.3 is 0 Å². The summed E-state index contributed by atoms with van der Waals surface area (Å²) < 4.78 is 0. The topological polar surface area (TPSA) is 37.4 Å². The third-order valence-electron chi connectivity index (χ3n) is 4.79. The molecule has 0 saturated carbocycles. The molecule has 2 saturated heterocycles. The average molecular weight is 349 g/mol. The normalized spacial score (nSPS) is 19.0. The second kappa shape index (κ2) is 6.89. The summed E-state index contributed by atoms with van der Waals surface area (Å²) in [4.78, 5) is 28.7. The van der Waals surface area contributed by atoms with Crippen molar-refractivity contribution in [1.29, 1.82) is 0 Å². The van der Waals surface area contributed by atoms with Crippen molar-refractivity contribution in [3.63, 3.8) is 0 Å². The summed E-state index contributed by atoms with van der Waals surface area (Å²) in [5, 5.41) is 0.866. The molecular formula is C21H19NO2S. The lowest BCUT2D eigenvalue weighted by Crippen LogP contribution is -2.26. The van der Waals surface area contributed by atoms with Gasteiger partial charge in [0.1, 0.15) is 5.57 Å². The fraction of sp³-hybridized carbons (Fsp3) is 0.238. The summed E-state index contributed by atoms with van der Waals surface area (Å²) in [6, 6.07) is 18.7. The zero-order valence-electron chi connectivity index (χ0n) is 13.9. The first-order valence-corrected chi connectivity index (χ1v) is 9.57. The highest BCUT2D eigenvalue weighted by Crippen LogP contribution is 2.41. The van der Waals surface area contributed by atoms with Gasteiger partial charge in [-0.3, -0.25) is 9.59 Å². The summed E-state index contributed by atoms with van der Waals surface area (Å²) in [7, 11) is 0. The van der Waals surface area contributed by atoms with Crippen LogP contribution in [-0.4, -0.2) is 34.8 Å². The van der Waals surface area contributed by atoms with Gasteiger partial charge in [-0.1, -0.05) is 60.7 Å². The monoisotopic (exact) mass is 349 g/mol. The van der Waals surface area contributed by atoms with Crippen LogP contribution < -0.4 is 0 Å². The van der Waals surface area contributed by atoms with Crippen molar-refractivity contribution in [2.45, 2.75) is 18.9 Å². The molecule has 25 heavy (non-hydrogen) atoms. The third kappa shape index (κ3) is 3.02. The van der Waals surface area contributed by atoms with E-state index in [9.17, 15) is 9.59 Å². The van der Waals surface area contributed by atoms with Crippen molar-refractivity contribution >= 4 is 23.3 Å². The Morgan fingerprint density at radius 3 is 2.00 bits per heavy atom. The Bertz CT molecular complexity index is 776. The van der Waals surface area contributed by atoms with Crippen molar-refractivity contribution in [2.75, 3.05) is 12.3 Å². The van der Waals surface area contributed by atoms with E-state index in [1.54, 1.807) is 36.0 Å². The molecule has 2 aromatic carbocycles. The van der Waals surface area contributed by atoms with Crippen LogP contribution in [0, 0.1) is 0 Å². The number of benzene rings is 2. The van der Waals surface area contributed by atoms with Crippen LogP contribution in [0.15, 0.2) is 71.3 Å². The van der Waals surface area contributed by atoms with Gasteiger partial charge in [0.15, 0.2) is 11.6 Å². The molecule has 0 unspecified atom stereocenters. The maximum Gasteiger partial charge on any atom is 0.199 e. The molecule has 1 atom stereocenters. The predicted octanol–water partition coefficient (Wildman–Crippen LogP) is 4.18. The van der Waals surface area contributed by atoms with E-state index in [4.69, 9.17) is 0 Å². The number of allylic oxidation sites excluding steroid dienone is 1. The molecule has 4 rings (SSSR count). The van der Waals surface area contributed by atoms with E-state index in [1.165, 1.54) is 0 Å². The van der Waals surface area contributed by atoms with E-state index in [0.717, 1.165) is 30.2 Å². The molecule has 0 spiro atoms. The number of rotatable bonds is 4. The lowest BCUT2D eigenvalue weighted by atomic mass is 9.96. The molecule has 0 aromatic heterocycles. The van der Waals surface area contributed by atoms with Crippen LogP contribution in [0.5, 0.6) is 0 Å². The molecule has 2 fully saturated rings. The molecule has 2 aliphatic heterocycles. The molecule has 0 bridgehead atoms. The Labute approximate surface area is 151 Å². The van der Waals surface area contributed by atoms with Crippen molar-refractivity contribution in [1.82, 2.24) is 4.90 Å². The van der Waals surface area contributed by atoms with Crippen molar-refractivity contribution in [3.05, 3.63) is 82.4 Å². The van der Waals surface area contributed by atoms with Gasteiger partial charge in [-0.05, 0) is 12.8 Å². The van der Waals surface area contributed by atoms with Gasteiger partial charge in [0.2, 0.25) is 0 Å². The number of ketones is 2.